The van der Waals surface area contributed by atoms with E-state index in [9.17, 15) is 0 Å². The molecule has 0 saturated carbocycles. The predicted octanol–water partition coefficient (Wildman–Crippen LogP) is 2.47. The highest BCUT2D eigenvalue weighted by Gasteiger charge is 2.23. The first-order valence-corrected chi connectivity index (χ1v) is 6.64. The Kier molecular flexibility index (Phi) is 4.22. The van der Waals surface area contributed by atoms with Gasteiger partial charge in [0, 0.05) is 24.8 Å². The molecule has 0 aliphatic carbocycles. The van der Waals surface area contributed by atoms with Crippen LogP contribution in [0.4, 0.5) is 5.69 Å². The van der Waals surface area contributed by atoms with Crippen LogP contribution in [0.5, 0.6) is 0 Å². The Hall–Kier alpha value is -1.53. The summed E-state index contributed by atoms with van der Waals surface area (Å²) in [5, 5.41) is 12.5. The highest BCUT2D eigenvalue weighted by Crippen LogP contribution is 2.21. The average Bonchev–Trinajstić information content (AvgIpc) is 2.54. The standard InChI is InChI=1S/C15H21N3/c1-12-3-5-14(6-4-12)18-10-8-13(2)17-11-15(18)7-9-16/h3-6,13,15,17H,7-8,10-11H2,1-2H3. The minimum atomic E-state index is 0.280. The summed E-state index contributed by atoms with van der Waals surface area (Å²) < 4.78 is 0. The molecule has 2 atom stereocenters. The Bertz CT molecular complexity index is 418. The third kappa shape index (κ3) is 3.02. The fraction of sp³-hybridized carbons (Fsp3) is 0.533. The van der Waals surface area contributed by atoms with E-state index in [1.165, 1.54) is 11.3 Å². The lowest BCUT2D eigenvalue weighted by Gasteiger charge is -2.30. The van der Waals surface area contributed by atoms with Crippen LogP contribution in [0, 0.1) is 18.3 Å². The van der Waals surface area contributed by atoms with E-state index >= 15 is 0 Å². The van der Waals surface area contributed by atoms with E-state index in [4.69, 9.17) is 5.26 Å². The van der Waals surface area contributed by atoms with Gasteiger partial charge < -0.3 is 10.2 Å². The average molecular weight is 243 g/mol. The zero-order valence-corrected chi connectivity index (χ0v) is 11.2. The topological polar surface area (TPSA) is 39.1 Å². The second-order valence-electron chi connectivity index (χ2n) is 5.14. The first kappa shape index (κ1) is 12.9. The minimum Gasteiger partial charge on any atom is -0.366 e. The lowest BCUT2D eigenvalue weighted by Crippen LogP contribution is -2.40. The molecule has 3 nitrogen and oxygen atoms in total. The molecule has 96 valence electrons. The van der Waals surface area contributed by atoms with Crippen molar-refractivity contribution >= 4 is 5.69 Å². The molecule has 1 N–H and O–H groups in total. The fourth-order valence-corrected chi connectivity index (χ4v) is 2.43. The van der Waals surface area contributed by atoms with Gasteiger partial charge in [-0.3, -0.25) is 0 Å². The molecule has 3 heteroatoms. The fourth-order valence-electron chi connectivity index (χ4n) is 2.43. The quantitative estimate of drug-likeness (QED) is 0.867. The van der Waals surface area contributed by atoms with Crippen LogP contribution in [-0.2, 0) is 0 Å². The number of nitrogens with zero attached hydrogens (tertiary/aromatic N) is 2. The lowest BCUT2D eigenvalue weighted by molar-refractivity contribution is 0.538. The van der Waals surface area contributed by atoms with Crippen molar-refractivity contribution in [1.29, 1.82) is 5.26 Å². The minimum absolute atomic E-state index is 0.280. The van der Waals surface area contributed by atoms with E-state index in [0.29, 0.717) is 12.5 Å². The maximum absolute atomic E-state index is 8.98. The van der Waals surface area contributed by atoms with E-state index < -0.39 is 0 Å². The van der Waals surface area contributed by atoms with Crippen LogP contribution >= 0.6 is 0 Å². The van der Waals surface area contributed by atoms with Crippen molar-refractivity contribution in [2.45, 2.75) is 38.8 Å². The first-order chi connectivity index (χ1) is 8.70. The van der Waals surface area contributed by atoms with Crippen molar-refractivity contribution in [3.63, 3.8) is 0 Å². The molecular formula is C15H21N3. The van der Waals surface area contributed by atoms with Crippen LogP contribution in [0.25, 0.3) is 0 Å². The Balaban J connectivity index is 2.20. The second-order valence-corrected chi connectivity index (χ2v) is 5.14. The number of nitriles is 1. The Morgan fingerprint density at radius 1 is 1.39 bits per heavy atom. The van der Waals surface area contributed by atoms with Crippen molar-refractivity contribution in [2.24, 2.45) is 0 Å². The maximum Gasteiger partial charge on any atom is 0.0643 e. The van der Waals surface area contributed by atoms with Crippen LogP contribution in [-0.4, -0.2) is 25.2 Å². The monoisotopic (exact) mass is 243 g/mol. The third-order valence-electron chi connectivity index (χ3n) is 3.64. The van der Waals surface area contributed by atoms with Gasteiger partial charge in [0.1, 0.15) is 0 Å². The molecule has 1 aliphatic heterocycles. The van der Waals surface area contributed by atoms with Crippen molar-refractivity contribution in [1.82, 2.24) is 5.32 Å². The summed E-state index contributed by atoms with van der Waals surface area (Å²) in [6, 6.07) is 11.7. The van der Waals surface area contributed by atoms with Crippen molar-refractivity contribution in [3.05, 3.63) is 29.8 Å². The first-order valence-electron chi connectivity index (χ1n) is 6.64. The molecule has 1 saturated heterocycles. The zero-order valence-electron chi connectivity index (χ0n) is 11.2. The van der Waals surface area contributed by atoms with Crippen molar-refractivity contribution < 1.29 is 0 Å². The molecule has 18 heavy (non-hydrogen) atoms. The highest BCUT2D eigenvalue weighted by atomic mass is 15.2. The van der Waals surface area contributed by atoms with E-state index in [1.54, 1.807) is 0 Å². The predicted molar refractivity (Wildman–Crippen MR) is 74.6 cm³/mol. The number of hydrogen-bond acceptors (Lipinski definition) is 3. The third-order valence-corrected chi connectivity index (χ3v) is 3.64. The number of rotatable bonds is 2. The van der Waals surface area contributed by atoms with Gasteiger partial charge in [0.25, 0.3) is 0 Å². The molecule has 1 aliphatic rings. The second kappa shape index (κ2) is 5.88. The maximum atomic E-state index is 8.98. The molecule has 1 aromatic rings. The molecule has 1 heterocycles. The summed E-state index contributed by atoms with van der Waals surface area (Å²) in [6.45, 7) is 6.22. The van der Waals surface area contributed by atoms with Gasteiger partial charge in [-0.15, -0.1) is 0 Å². The molecule has 0 aromatic heterocycles. The van der Waals surface area contributed by atoms with Crippen LogP contribution in [0.3, 0.4) is 0 Å². The Morgan fingerprint density at radius 3 is 2.78 bits per heavy atom. The van der Waals surface area contributed by atoms with Gasteiger partial charge in [0.05, 0.1) is 18.5 Å². The molecule has 2 rings (SSSR count). The van der Waals surface area contributed by atoms with Crippen LogP contribution < -0.4 is 10.2 Å². The van der Waals surface area contributed by atoms with Gasteiger partial charge in [-0.2, -0.15) is 5.26 Å². The summed E-state index contributed by atoms with van der Waals surface area (Å²) >= 11 is 0. The summed E-state index contributed by atoms with van der Waals surface area (Å²) in [6.07, 6.45) is 1.70. The molecule has 1 fully saturated rings. The number of nitrogens with one attached hydrogen (secondary N) is 1. The van der Waals surface area contributed by atoms with E-state index in [2.05, 4.69) is 54.4 Å². The smallest absolute Gasteiger partial charge is 0.0643 e. The molecule has 0 amide bonds. The Labute approximate surface area is 109 Å². The van der Waals surface area contributed by atoms with Crippen LogP contribution in [0.2, 0.25) is 0 Å². The highest BCUT2D eigenvalue weighted by molar-refractivity contribution is 5.49. The largest absolute Gasteiger partial charge is 0.366 e. The molecule has 1 aromatic carbocycles. The van der Waals surface area contributed by atoms with Gasteiger partial charge in [-0.1, -0.05) is 17.7 Å². The van der Waals surface area contributed by atoms with Crippen LogP contribution in [0.15, 0.2) is 24.3 Å². The molecular weight excluding hydrogens is 222 g/mol. The number of aryl methyl sites for hydroxylation is 1. The summed E-state index contributed by atoms with van der Waals surface area (Å²) in [7, 11) is 0. The van der Waals surface area contributed by atoms with E-state index in [1.807, 2.05) is 0 Å². The molecule has 0 radical (unpaired) electrons. The summed E-state index contributed by atoms with van der Waals surface area (Å²) in [4.78, 5) is 2.37. The van der Waals surface area contributed by atoms with Gasteiger partial charge in [-0.25, -0.2) is 0 Å². The Morgan fingerprint density at radius 2 is 2.11 bits per heavy atom. The van der Waals surface area contributed by atoms with Crippen LogP contribution in [0.1, 0.15) is 25.3 Å². The van der Waals surface area contributed by atoms with Gasteiger partial charge in [-0.05, 0) is 32.4 Å². The van der Waals surface area contributed by atoms with Crippen molar-refractivity contribution in [2.75, 3.05) is 18.0 Å². The number of anilines is 1. The van der Waals surface area contributed by atoms with Gasteiger partial charge in [0.2, 0.25) is 0 Å². The van der Waals surface area contributed by atoms with E-state index in [0.717, 1.165) is 19.5 Å². The van der Waals surface area contributed by atoms with Crippen molar-refractivity contribution in [3.8, 4) is 6.07 Å². The number of benzene rings is 1. The summed E-state index contributed by atoms with van der Waals surface area (Å²) in [5.74, 6) is 0. The van der Waals surface area contributed by atoms with Gasteiger partial charge >= 0.3 is 0 Å². The zero-order chi connectivity index (χ0) is 13.0. The molecule has 2 unspecified atom stereocenters. The number of hydrogen-bond donors (Lipinski definition) is 1. The molecule has 0 bridgehead atoms. The SMILES string of the molecule is Cc1ccc(N2CCC(C)NCC2CC#N)cc1. The van der Waals surface area contributed by atoms with Gasteiger partial charge in [0.15, 0.2) is 0 Å². The molecule has 0 spiro atoms. The van der Waals surface area contributed by atoms with E-state index in [-0.39, 0.29) is 6.04 Å². The normalized spacial score (nSPS) is 24.4. The lowest BCUT2D eigenvalue weighted by atomic mass is 10.1. The summed E-state index contributed by atoms with van der Waals surface area (Å²) in [5.41, 5.74) is 2.51.